The maximum absolute atomic E-state index is 4.54. The summed E-state index contributed by atoms with van der Waals surface area (Å²) in [5, 5.41) is 12.1. The molecule has 0 spiro atoms. The van der Waals surface area contributed by atoms with E-state index in [1.54, 1.807) is 23.9 Å². The second kappa shape index (κ2) is 7.76. The van der Waals surface area contributed by atoms with E-state index in [-0.39, 0.29) is 0 Å². The van der Waals surface area contributed by atoms with Crippen LogP contribution in [0.2, 0.25) is 0 Å². The van der Waals surface area contributed by atoms with Crippen molar-refractivity contribution in [3.63, 3.8) is 0 Å². The lowest BCUT2D eigenvalue weighted by Gasteiger charge is -2.18. The minimum absolute atomic E-state index is 0.809. The molecule has 1 N–H and O–H groups in total. The number of nitrogens with one attached hydrogen (secondary N) is 1. The van der Waals surface area contributed by atoms with Gasteiger partial charge in [-0.25, -0.2) is 9.97 Å². The summed E-state index contributed by atoms with van der Waals surface area (Å²) in [6.45, 7) is 4.75. The molecule has 25 heavy (non-hydrogen) atoms. The molecule has 0 atom stereocenters. The summed E-state index contributed by atoms with van der Waals surface area (Å²) in [4.78, 5) is 11.5. The van der Waals surface area contributed by atoms with Gasteiger partial charge in [0.2, 0.25) is 0 Å². The van der Waals surface area contributed by atoms with E-state index < -0.39 is 0 Å². The second-order valence-corrected chi connectivity index (χ2v) is 7.03. The molecule has 1 aliphatic heterocycles. The van der Waals surface area contributed by atoms with E-state index in [2.05, 4.69) is 42.1 Å². The highest BCUT2D eigenvalue weighted by Crippen LogP contribution is 2.21. The van der Waals surface area contributed by atoms with Gasteiger partial charge in [-0.2, -0.15) is 16.4 Å². The molecule has 0 radical (unpaired) electrons. The van der Waals surface area contributed by atoms with Gasteiger partial charge < -0.3 is 5.32 Å². The number of aromatic nitrogens is 4. The number of anilines is 1. The third kappa shape index (κ3) is 4.05. The summed E-state index contributed by atoms with van der Waals surface area (Å²) < 4.78 is 1.93. The van der Waals surface area contributed by atoms with Crippen LogP contribution in [0.15, 0.2) is 41.6 Å². The van der Waals surface area contributed by atoms with Crippen LogP contribution >= 0.6 is 11.3 Å². The molecule has 3 aromatic rings. The van der Waals surface area contributed by atoms with Crippen molar-refractivity contribution in [2.45, 2.75) is 25.9 Å². The first-order valence-electron chi connectivity index (χ1n) is 8.66. The summed E-state index contributed by atoms with van der Waals surface area (Å²) in [5.74, 6) is 0.981. The number of nitrogens with zero attached hydrogens (tertiary/aromatic N) is 5. The smallest absolute Gasteiger partial charge is 0.132 e. The largest absolute Gasteiger partial charge is 0.368 e. The Bertz CT molecular complexity index is 784. The Morgan fingerprint density at radius 3 is 3.00 bits per heavy atom. The van der Waals surface area contributed by atoms with E-state index in [9.17, 15) is 0 Å². The van der Waals surface area contributed by atoms with Crippen LogP contribution in [0.1, 0.15) is 16.8 Å². The van der Waals surface area contributed by atoms with E-state index in [4.69, 9.17) is 0 Å². The van der Waals surface area contributed by atoms with Gasteiger partial charge in [-0.05, 0) is 34.9 Å². The van der Waals surface area contributed by atoms with Gasteiger partial charge in [0.1, 0.15) is 12.1 Å². The van der Waals surface area contributed by atoms with Gasteiger partial charge >= 0.3 is 0 Å². The quantitative estimate of drug-likeness (QED) is 0.737. The molecule has 0 aliphatic carbocycles. The van der Waals surface area contributed by atoms with E-state index in [0.717, 1.165) is 51.4 Å². The lowest BCUT2D eigenvalue weighted by molar-refractivity contribution is 0.279. The van der Waals surface area contributed by atoms with E-state index >= 15 is 0 Å². The molecule has 0 saturated carbocycles. The zero-order valence-electron chi connectivity index (χ0n) is 14.1. The molecule has 7 heteroatoms. The van der Waals surface area contributed by atoms with Gasteiger partial charge in [0.15, 0.2) is 0 Å². The van der Waals surface area contributed by atoms with E-state index in [0.29, 0.717) is 0 Å². The van der Waals surface area contributed by atoms with Crippen LogP contribution in [-0.2, 0) is 25.9 Å². The minimum Gasteiger partial charge on any atom is -0.368 e. The normalized spacial score (nSPS) is 14.9. The monoisotopic (exact) mass is 354 g/mol. The highest BCUT2D eigenvalue weighted by molar-refractivity contribution is 7.07. The Kier molecular flexibility index (Phi) is 5.03. The fourth-order valence-corrected chi connectivity index (χ4v) is 3.91. The maximum Gasteiger partial charge on any atom is 0.132 e. The second-order valence-electron chi connectivity index (χ2n) is 6.25. The lowest BCUT2D eigenvalue weighted by Crippen LogP contribution is -2.25. The van der Waals surface area contributed by atoms with E-state index in [1.165, 1.54) is 16.8 Å². The average Bonchev–Trinajstić information content (AvgIpc) is 3.28. The topological polar surface area (TPSA) is 58.9 Å². The fourth-order valence-electron chi connectivity index (χ4n) is 3.25. The van der Waals surface area contributed by atoms with Crippen molar-refractivity contribution in [1.82, 2.24) is 24.6 Å². The molecule has 1 aliphatic rings. The zero-order chi connectivity index (χ0) is 16.9. The Hall–Kier alpha value is -2.25. The first-order chi connectivity index (χ1) is 12.4. The summed E-state index contributed by atoms with van der Waals surface area (Å²) >= 11 is 1.76. The van der Waals surface area contributed by atoms with Crippen molar-refractivity contribution in [3.8, 4) is 0 Å². The Morgan fingerprint density at radius 2 is 2.16 bits per heavy atom. The summed E-state index contributed by atoms with van der Waals surface area (Å²) in [6.07, 6.45) is 7.44. The molecule has 3 aromatic heterocycles. The third-order valence-corrected chi connectivity index (χ3v) is 5.29. The van der Waals surface area contributed by atoms with Crippen molar-refractivity contribution in [2.75, 3.05) is 25.0 Å². The van der Waals surface area contributed by atoms with Crippen LogP contribution in [0.5, 0.6) is 0 Å². The summed E-state index contributed by atoms with van der Waals surface area (Å²) in [6, 6.07) is 4.16. The molecule has 0 unspecified atom stereocenters. The molecular weight excluding hydrogens is 332 g/mol. The van der Waals surface area contributed by atoms with E-state index in [1.807, 2.05) is 16.9 Å². The molecule has 130 valence electrons. The first kappa shape index (κ1) is 16.2. The van der Waals surface area contributed by atoms with Crippen molar-refractivity contribution < 1.29 is 0 Å². The van der Waals surface area contributed by atoms with Gasteiger partial charge in [-0.15, -0.1) is 0 Å². The molecule has 4 rings (SSSR count). The van der Waals surface area contributed by atoms with Gasteiger partial charge in [0, 0.05) is 50.6 Å². The van der Waals surface area contributed by atoms with Crippen LogP contribution in [0, 0.1) is 0 Å². The Balaban J connectivity index is 1.39. The molecule has 0 bridgehead atoms. The van der Waals surface area contributed by atoms with Crippen molar-refractivity contribution in [1.29, 1.82) is 0 Å². The zero-order valence-corrected chi connectivity index (χ0v) is 15.0. The average molecular weight is 354 g/mol. The van der Waals surface area contributed by atoms with Crippen molar-refractivity contribution >= 4 is 17.2 Å². The molecule has 0 fully saturated rings. The molecular formula is C18H22N6S. The molecule has 0 amide bonds. The van der Waals surface area contributed by atoms with Gasteiger partial charge in [-0.3, -0.25) is 9.58 Å². The molecule has 0 saturated heterocycles. The third-order valence-electron chi connectivity index (χ3n) is 4.56. The van der Waals surface area contributed by atoms with Crippen molar-refractivity contribution in [3.05, 3.63) is 58.4 Å². The SMILES string of the molecule is c1cnn(CCNc2ncnc3c2CCN(Cc2ccsc2)CC3)c1. The molecule has 0 aromatic carbocycles. The molecule has 6 nitrogen and oxygen atoms in total. The number of hydrogen-bond donors (Lipinski definition) is 1. The predicted molar refractivity (Wildman–Crippen MR) is 99.8 cm³/mol. The number of fused-ring (bicyclic) bond motifs is 1. The summed E-state index contributed by atoms with van der Waals surface area (Å²) in [7, 11) is 0. The molecule has 4 heterocycles. The highest BCUT2D eigenvalue weighted by Gasteiger charge is 2.18. The van der Waals surface area contributed by atoms with Gasteiger partial charge in [-0.1, -0.05) is 0 Å². The number of hydrogen-bond acceptors (Lipinski definition) is 6. The first-order valence-corrected chi connectivity index (χ1v) is 9.60. The van der Waals surface area contributed by atoms with Crippen LogP contribution in [-0.4, -0.2) is 44.3 Å². The van der Waals surface area contributed by atoms with Crippen molar-refractivity contribution in [2.24, 2.45) is 0 Å². The lowest BCUT2D eigenvalue weighted by atomic mass is 10.1. The number of rotatable bonds is 6. The van der Waals surface area contributed by atoms with Gasteiger partial charge in [0.25, 0.3) is 0 Å². The van der Waals surface area contributed by atoms with Crippen LogP contribution < -0.4 is 5.32 Å². The predicted octanol–water partition coefficient (Wildman–Crippen LogP) is 2.45. The Labute approximate surface area is 151 Å². The van der Waals surface area contributed by atoms with Crippen LogP contribution in [0.3, 0.4) is 0 Å². The summed E-state index contributed by atoms with van der Waals surface area (Å²) in [5.41, 5.74) is 3.86. The maximum atomic E-state index is 4.54. The highest BCUT2D eigenvalue weighted by atomic mass is 32.1. The number of thiophene rings is 1. The van der Waals surface area contributed by atoms with Crippen LogP contribution in [0.4, 0.5) is 5.82 Å². The fraction of sp³-hybridized carbons (Fsp3) is 0.389. The minimum atomic E-state index is 0.809. The Morgan fingerprint density at radius 1 is 1.20 bits per heavy atom. The standard InChI is InChI=1S/C18H22N6S/c1-5-22-24(7-1)10-6-19-18-16-2-8-23(12-15-4-11-25-13-15)9-3-17(16)20-14-21-18/h1,4-5,7,11,13-14H,2-3,6,8-10,12H2,(H,19,20,21). The van der Waals surface area contributed by atoms with Gasteiger partial charge in [0.05, 0.1) is 12.2 Å². The van der Waals surface area contributed by atoms with Crippen LogP contribution in [0.25, 0.3) is 0 Å².